The van der Waals surface area contributed by atoms with Gasteiger partial charge in [0.2, 0.25) is 0 Å². The van der Waals surface area contributed by atoms with E-state index in [4.69, 9.17) is 0 Å². The number of aromatic nitrogens is 2. The second kappa shape index (κ2) is 5.54. The van der Waals surface area contributed by atoms with Crippen LogP contribution in [0.2, 0.25) is 0 Å². The van der Waals surface area contributed by atoms with Crippen molar-refractivity contribution >= 4 is 15.5 Å². The van der Waals surface area contributed by atoms with Gasteiger partial charge < -0.3 is 4.40 Å². The molecule has 0 unspecified atom stereocenters. The van der Waals surface area contributed by atoms with Crippen molar-refractivity contribution in [2.45, 2.75) is 45.1 Å². The molecule has 2 heterocycles. The fourth-order valence-electron chi connectivity index (χ4n) is 2.19. The molecule has 5 nitrogen and oxygen atoms in total. The summed E-state index contributed by atoms with van der Waals surface area (Å²) in [6.07, 6.45) is 2.62. The van der Waals surface area contributed by atoms with Crippen molar-refractivity contribution < 1.29 is 8.42 Å². The minimum atomic E-state index is -3.57. The van der Waals surface area contributed by atoms with Crippen molar-refractivity contribution in [2.75, 3.05) is 6.54 Å². The number of imidazole rings is 1. The average molecular weight is 295 g/mol. The van der Waals surface area contributed by atoms with E-state index in [0.29, 0.717) is 12.1 Å². The maximum atomic E-state index is 12.4. The quantitative estimate of drug-likeness (QED) is 0.921. The van der Waals surface area contributed by atoms with E-state index in [2.05, 4.69) is 9.71 Å². The van der Waals surface area contributed by atoms with Gasteiger partial charge in [0.05, 0.1) is 5.52 Å². The average Bonchev–Trinajstić information content (AvgIpc) is 2.78. The molecule has 0 fully saturated rings. The van der Waals surface area contributed by atoms with Crippen LogP contribution in [-0.4, -0.2) is 24.3 Å². The van der Waals surface area contributed by atoms with Crippen LogP contribution in [0.3, 0.4) is 0 Å². The second-order valence-corrected chi connectivity index (χ2v) is 6.92. The van der Waals surface area contributed by atoms with Gasteiger partial charge in [0.25, 0.3) is 10.0 Å². The molecule has 2 aromatic rings. The molecule has 0 radical (unpaired) electrons. The molecule has 0 spiro atoms. The topological polar surface area (TPSA) is 63.5 Å². The fourth-order valence-corrected chi connectivity index (χ4v) is 3.53. The molecule has 6 heteroatoms. The van der Waals surface area contributed by atoms with Crippen molar-refractivity contribution in [3.05, 3.63) is 29.7 Å². The molecule has 0 saturated heterocycles. The monoisotopic (exact) mass is 295 g/mol. The fraction of sp³-hybridized carbons (Fsp3) is 0.500. The number of aryl methyl sites for hydroxylation is 1. The summed E-state index contributed by atoms with van der Waals surface area (Å²) in [5, 5.41) is 0.132. The van der Waals surface area contributed by atoms with Gasteiger partial charge in [0.15, 0.2) is 5.03 Å². The Balaban J connectivity index is 2.71. The molecule has 0 bridgehead atoms. The zero-order valence-corrected chi connectivity index (χ0v) is 13.2. The first kappa shape index (κ1) is 15.0. The van der Waals surface area contributed by atoms with E-state index in [-0.39, 0.29) is 10.9 Å². The number of nitrogens with zero attached hydrogens (tertiary/aromatic N) is 2. The summed E-state index contributed by atoms with van der Waals surface area (Å²) < 4.78 is 29.3. The number of nitrogens with one attached hydrogen (secondary N) is 1. The van der Waals surface area contributed by atoms with Crippen LogP contribution >= 0.6 is 0 Å². The minimum Gasteiger partial charge on any atom is -0.302 e. The summed E-state index contributed by atoms with van der Waals surface area (Å²) in [5.74, 6) is 0.917. The molecule has 2 aromatic heterocycles. The van der Waals surface area contributed by atoms with Crippen LogP contribution < -0.4 is 4.72 Å². The summed E-state index contributed by atoms with van der Waals surface area (Å²) in [6.45, 7) is 8.27. The highest BCUT2D eigenvalue weighted by molar-refractivity contribution is 7.89. The molecule has 0 aliphatic rings. The lowest BCUT2D eigenvalue weighted by atomic mass is 10.2. The summed E-state index contributed by atoms with van der Waals surface area (Å²) >= 11 is 0. The summed E-state index contributed by atoms with van der Waals surface area (Å²) in [7, 11) is -3.57. The molecule has 0 saturated carbocycles. The standard InChI is InChI=1S/C14H21N3O2S/c1-5-8-15-20(18,19)14-12-11(4)7-6-9-17(12)13(16-14)10(2)3/h6-7,9-10,15H,5,8H2,1-4H3. The molecular weight excluding hydrogens is 274 g/mol. The number of hydrogen-bond donors (Lipinski definition) is 1. The van der Waals surface area contributed by atoms with Crippen LogP contribution in [0, 0.1) is 6.92 Å². The molecule has 110 valence electrons. The van der Waals surface area contributed by atoms with Crippen molar-refractivity contribution in [2.24, 2.45) is 0 Å². The Kier molecular flexibility index (Phi) is 4.15. The molecule has 0 aliphatic carbocycles. The summed E-state index contributed by atoms with van der Waals surface area (Å²) in [6, 6.07) is 3.81. The molecule has 1 N–H and O–H groups in total. The number of pyridine rings is 1. The highest BCUT2D eigenvalue weighted by Crippen LogP contribution is 2.25. The van der Waals surface area contributed by atoms with Gasteiger partial charge in [0.1, 0.15) is 5.82 Å². The van der Waals surface area contributed by atoms with Crippen molar-refractivity contribution in [1.29, 1.82) is 0 Å². The van der Waals surface area contributed by atoms with E-state index < -0.39 is 10.0 Å². The highest BCUT2D eigenvalue weighted by Gasteiger charge is 2.24. The second-order valence-electron chi connectivity index (χ2n) is 5.24. The van der Waals surface area contributed by atoms with E-state index in [0.717, 1.165) is 17.8 Å². The lowest BCUT2D eigenvalue weighted by Crippen LogP contribution is -2.25. The van der Waals surface area contributed by atoms with Gasteiger partial charge >= 0.3 is 0 Å². The van der Waals surface area contributed by atoms with E-state index in [9.17, 15) is 8.42 Å². The SMILES string of the molecule is CCCNS(=O)(=O)c1nc(C(C)C)n2cccc(C)c12. The molecule has 20 heavy (non-hydrogen) atoms. The maximum Gasteiger partial charge on any atom is 0.260 e. The van der Waals surface area contributed by atoms with Gasteiger partial charge in [-0.05, 0) is 25.0 Å². The van der Waals surface area contributed by atoms with Crippen molar-refractivity contribution in [3.63, 3.8) is 0 Å². The Hall–Kier alpha value is -1.40. The van der Waals surface area contributed by atoms with Gasteiger partial charge in [-0.3, -0.25) is 0 Å². The third-order valence-corrected chi connectivity index (χ3v) is 4.55. The normalized spacial score (nSPS) is 12.4. The first-order chi connectivity index (χ1) is 9.38. The Morgan fingerprint density at radius 3 is 2.70 bits per heavy atom. The first-order valence-electron chi connectivity index (χ1n) is 6.85. The van der Waals surface area contributed by atoms with Crippen LogP contribution in [0.1, 0.15) is 44.5 Å². The van der Waals surface area contributed by atoms with E-state index in [1.54, 1.807) is 0 Å². The lowest BCUT2D eigenvalue weighted by molar-refractivity contribution is 0.578. The van der Waals surface area contributed by atoms with E-state index >= 15 is 0 Å². The highest BCUT2D eigenvalue weighted by atomic mass is 32.2. The molecule has 2 rings (SSSR count). The van der Waals surface area contributed by atoms with Crippen molar-refractivity contribution in [3.8, 4) is 0 Å². The zero-order valence-electron chi connectivity index (χ0n) is 12.3. The first-order valence-corrected chi connectivity index (χ1v) is 8.34. The molecule has 0 atom stereocenters. The van der Waals surface area contributed by atoms with Crippen LogP contribution in [0.25, 0.3) is 5.52 Å². The van der Waals surface area contributed by atoms with Gasteiger partial charge in [0, 0.05) is 18.7 Å². The smallest absolute Gasteiger partial charge is 0.260 e. The number of rotatable bonds is 5. The Morgan fingerprint density at radius 2 is 2.10 bits per heavy atom. The van der Waals surface area contributed by atoms with Crippen LogP contribution in [0.5, 0.6) is 0 Å². The van der Waals surface area contributed by atoms with E-state index in [1.165, 1.54) is 0 Å². The zero-order chi connectivity index (χ0) is 14.9. The number of sulfonamides is 1. The molecule has 0 aromatic carbocycles. The van der Waals surface area contributed by atoms with Crippen LogP contribution in [0.4, 0.5) is 0 Å². The predicted molar refractivity (Wildman–Crippen MR) is 79.5 cm³/mol. The molecule has 0 aliphatic heterocycles. The van der Waals surface area contributed by atoms with Gasteiger partial charge in [-0.1, -0.05) is 26.8 Å². The largest absolute Gasteiger partial charge is 0.302 e. The Labute approximate surface area is 120 Å². The number of fused-ring (bicyclic) bond motifs is 1. The third-order valence-electron chi connectivity index (χ3n) is 3.17. The third kappa shape index (κ3) is 2.58. The summed E-state index contributed by atoms with van der Waals surface area (Å²) in [4.78, 5) is 4.39. The Bertz CT molecular complexity index is 717. The number of hydrogen-bond acceptors (Lipinski definition) is 3. The lowest BCUT2D eigenvalue weighted by Gasteiger charge is -2.05. The minimum absolute atomic E-state index is 0.132. The molecule has 0 amide bonds. The van der Waals surface area contributed by atoms with Gasteiger partial charge in [-0.2, -0.15) is 0 Å². The van der Waals surface area contributed by atoms with Crippen molar-refractivity contribution in [1.82, 2.24) is 14.1 Å². The van der Waals surface area contributed by atoms with Crippen LogP contribution in [0.15, 0.2) is 23.4 Å². The Morgan fingerprint density at radius 1 is 1.40 bits per heavy atom. The molecular formula is C14H21N3O2S. The van der Waals surface area contributed by atoms with Gasteiger partial charge in [-0.15, -0.1) is 0 Å². The predicted octanol–water partition coefficient (Wildman–Crippen LogP) is 2.45. The van der Waals surface area contributed by atoms with E-state index in [1.807, 2.05) is 50.4 Å². The van der Waals surface area contributed by atoms with Gasteiger partial charge in [-0.25, -0.2) is 18.1 Å². The maximum absolute atomic E-state index is 12.4. The van der Waals surface area contributed by atoms with Crippen LogP contribution in [-0.2, 0) is 10.0 Å². The summed E-state index contributed by atoms with van der Waals surface area (Å²) in [5.41, 5.74) is 1.57.